The van der Waals surface area contributed by atoms with Gasteiger partial charge in [0.25, 0.3) is 0 Å². The number of para-hydroxylation sites is 2. The third-order valence-electron chi connectivity index (χ3n) is 2.40. The minimum Gasteiger partial charge on any atom is -0.361 e. The highest BCUT2D eigenvalue weighted by Crippen LogP contribution is 2.11. The van der Waals surface area contributed by atoms with Gasteiger partial charge in [-0.2, -0.15) is 0 Å². The molecule has 0 saturated heterocycles. The second-order valence-corrected chi connectivity index (χ2v) is 3.59. The van der Waals surface area contributed by atoms with Crippen molar-refractivity contribution in [2.45, 2.75) is 26.5 Å². The Labute approximate surface area is 89.7 Å². The van der Waals surface area contributed by atoms with Crippen LogP contribution >= 0.6 is 0 Å². The van der Waals surface area contributed by atoms with Crippen molar-refractivity contribution in [2.24, 2.45) is 0 Å². The number of nitrogens with zero attached hydrogens (tertiary/aromatic N) is 2. The number of imidazole rings is 1. The molecule has 3 nitrogen and oxygen atoms in total. The molecular formula is C12H16N2O. The van der Waals surface area contributed by atoms with Gasteiger partial charge in [0, 0.05) is 6.61 Å². The van der Waals surface area contributed by atoms with Crippen molar-refractivity contribution in [1.82, 2.24) is 9.55 Å². The summed E-state index contributed by atoms with van der Waals surface area (Å²) in [5.41, 5.74) is 2.16. The number of ether oxygens (including phenoxy) is 1. The lowest BCUT2D eigenvalue weighted by molar-refractivity contribution is 0.0773. The van der Waals surface area contributed by atoms with Crippen LogP contribution in [0.4, 0.5) is 0 Å². The largest absolute Gasteiger partial charge is 0.361 e. The van der Waals surface area contributed by atoms with E-state index in [1.807, 2.05) is 29.1 Å². The van der Waals surface area contributed by atoms with Gasteiger partial charge in [0.1, 0.15) is 6.73 Å². The third-order valence-corrected chi connectivity index (χ3v) is 2.40. The van der Waals surface area contributed by atoms with Gasteiger partial charge in [-0.1, -0.05) is 25.5 Å². The maximum atomic E-state index is 5.55. The summed E-state index contributed by atoms with van der Waals surface area (Å²) in [7, 11) is 0. The van der Waals surface area contributed by atoms with Crippen molar-refractivity contribution < 1.29 is 4.74 Å². The van der Waals surface area contributed by atoms with Crippen LogP contribution in [-0.4, -0.2) is 16.2 Å². The molecule has 1 heterocycles. The van der Waals surface area contributed by atoms with Crippen LogP contribution in [0.3, 0.4) is 0 Å². The summed E-state index contributed by atoms with van der Waals surface area (Å²) in [6, 6.07) is 8.09. The van der Waals surface area contributed by atoms with Crippen LogP contribution in [0.15, 0.2) is 30.6 Å². The highest BCUT2D eigenvalue weighted by Gasteiger charge is 1.99. The predicted octanol–water partition coefficient (Wildman–Crippen LogP) is 2.81. The summed E-state index contributed by atoms with van der Waals surface area (Å²) in [5, 5.41) is 0. The Bertz CT molecular complexity index is 422. The molecule has 0 N–H and O–H groups in total. The first-order valence-electron chi connectivity index (χ1n) is 5.39. The quantitative estimate of drug-likeness (QED) is 0.700. The second kappa shape index (κ2) is 4.94. The molecule has 0 aliphatic carbocycles. The number of fused-ring (bicyclic) bond motifs is 1. The Morgan fingerprint density at radius 3 is 3.07 bits per heavy atom. The predicted molar refractivity (Wildman–Crippen MR) is 60.6 cm³/mol. The van der Waals surface area contributed by atoms with E-state index >= 15 is 0 Å². The number of benzene rings is 1. The van der Waals surface area contributed by atoms with E-state index in [4.69, 9.17) is 4.74 Å². The second-order valence-electron chi connectivity index (χ2n) is 3.59. The summed E-state index contributed by atoms with van der Waals surface area (Å²) in [6.45, 7) is 3.58. The van der Waals surface area contributed by atoms with E-state index in [-0.39, 0.29) is 0 Å². The minimum atomic E-state index is 0.598. The van der Waals surface area contributed by atoms with E-state index < -0.39 is 0 Å². The molecule has 1 aromatic heterocycles. The lowest BCUT2D eigenvalue weighted by atomic mass is 10.3. The molecule has 80 valence electrons. The first-order valence-corrected chi connectivity index (χ1v) is 5.39. The average Bonchev–Trinajstić information content (AvgIpc) is 2.68. The Morgan fingerprint density at radius 1 is 1.33 bits per heavy atom. The number of unbranched alkanes of at least 4 members (excludes halogenated alkanes) is 1. The Balaban J connectivity index is 2.02. The van der Waals surface area contributed by atoms with Crippen molar-refractivity contribution in [3.05, 3.63) is 30.6 Å². The molecule has 0 aliphatic heterocycles. The van der Waals surface area contributed by atoms with Gasteiger partial charge in [0.05, 0.1) is 17.4 Å². The van der Waals surface area contributed by atoms with Crippen molar-refractivity contribution in [3.63, 3.8) is 0 Å². The summed E-state index contributed by atoms with van der Waals surface area (Å²) in [6.07, 6.45) is 4.12. The van der Waals surface area contributed by atoms with Gasteiger partial charge < -0.3 is 9.30 Å². The molecule has 0 amide bonds. The summed E-state index contributed by atoms with van der Waals surface area (Å²) in [4.78, 5) is 4.30. The van der Waals surface area contributed by atoms with Crippen molar-refractivity contribution >= 4 is 11.0 Å². The van der Waals surface area contributed by atoms with Crippen LogP contribution in [0.5, 0.6) is 0 Å². The van der Waals surface area contributed by atoms with Crippen LogP contribution in [0.2, 0.25) is 0 Å². The Kier molecular flexibility index (Phi) is 3.35. The third kappa shape index (κ3) is 2.36. The van der Waals surface area contributed by atoms with E-state index in [9.17, 15) is 0 Å². The highest BCUT2D eigenvalue weighted by molar-refractivity contribution is 5.74. The lowest BCUT2D eigenvalue weighted by Crippen LogP contribution is -2.02. The molecule has 3 heteroatoms. The van der Waals surface area contributed by atoms with Gasteiger partial charge >= 0.3 is 0 Å². The van der Waals surface area contributed by atoms with Crippen LogP contribution in [0, 0.1) is 0 Å². The van der Waals surface area contributed by atoms with E-state index in [1.54, 1.807) is 0 Å². The van der Waals surface area contributed by atoms with Crippen LogP contribution in [0.1, 0.15) is 19.8 Å². The van der Waals surface area contributed by atoms with Crippen molar-refractivity contribution in [2.75, 3.05) is 6.61 Å². The fourth-order valence-electron chi connectivity index (χ4n) is 1.52. The maximum absolute atomic E-state index is 5.55. The monoisotopic (exact) mass is 204 g/mol. The molecule has 2 rings (SSSR count). The van der Waals surface area contributed by atoms with Crippen molar-refractivity contribution in [1.29, 1.82) is 0 Å². The standard InChI is InChI=1S/C12H16N2O/c1-2-3-8-15-10-14-9-13-11-6-4-5-7-12(11)14/h4-7,9H,2-3,8,10H2,1H3. The fourth-order valence-corrected chi connectivity index (χ4v) is 1.52. The summed E-state index contributed by atoms with van der Waals surface area (Å²) in [5.74, 6) is 0. The van der Waals surface area contributed by atoms with E-state index in [2.05, 4.69) is 18.0 Å². The molecule has 0 aliphatic rings. The lowest BCUT2D eigenvalue weighted by Gasteiger charge is -2.04. The van der Waals surface area contributed by atoms with Crippen LogP contribution < -0.4 is 0 Å². The molecule has 0 unspecified atom stereocenters. The van der Waals surface area contributed by atoms with Gasteiger partial charge in [0.15, 0.2) is 0 Å². The van der Waals surface area contributed by atoms with Gasteiger partial charge in [0.2, 0.25) is 0 Å². The van der Waals surface area contributed by atoms with E-state index in [1.165, 1.54) is 6.42 Å². The van der Waals surface area contributed by atoms with Crippen LogP contribution in [-0.2, 0) is 11.5 Å². The van der Waals surface area contributed by atoms with Gasteiger partial charge in [-0.25, -0.2) is 4.98 Å². The SMILES string of the molecule is CCCCOCn1cnc2ccccc21. The molecule has 0 atom stereocenters. The summed E-state index contributed by atoms with van der Waals surface area (Å²) >= 11 is 0. The Morgan fingerprint density at radius 2 is 2.20 bits per heavy atom. The first kappa shape index (κ1) is 10.2. The highest BCUT2D eigenvalue weighted by atomic mass is 16.5. The molecule has 0 fully saturated rings. The smallest absolute Gasteiger partial charge is 0.124 e. The van der Waals surface area contributed by atoms with Gasteiger partial charge in [-0.05, 0) is 18.6 Å². The number of hydrogen-bond donors (Lipinski definition) is 0. The number of rotatable bonds is 5. The van der Waals surface area contributed by atoms with Crippen molar-refractivity contribution in [3.8, 4) is 0 Å². The Hall–Kier alpha value is -1.35. The molecule has 15 heavy (non-hydrogen) atoms. The normalized spacial score (nSPS) is 11.0. The fraction of sp³-hybridized carbons (Fsp3) is 0.417. The summed E-state index contributed by atoms with van der Waals surface area (Å²) < 4.78 is 7.58. The topological polar surface area (TPSA) is 27.1 Å². The number of hydrogen-bond acceptors (Lipinski definition) is 2. The average molecular weight is 204 g/mol. The van der Waals surface area contributed by atoms with Gasteiger partial charge in [-0.3, -0.25) is 0 Å². The zero-order valence-corrected chi connectivity index (χ0v) is 9.02. The molecule has 0 saturated carbocycles. The molecule has 0 bridgehead atoms. The minimum absolute atomic E-state index is 0.598. The van der Waals surface area contributed by atoms with E-state index in [0.717, 1.165) is 24.1 Å². The molecule has 0 spiro atoms. The first-order chi connectivity index (χ1) is 7.42. The molecule has 0 radical (unpaired) electrons. The molecular weight excluding hydrogens is 188 g/mol. The zero-order chi connectivity index (χ0) is 10.5. The van der Waals surface area contributed by atoms with Gasteiger partial charge in [-0.15, -0.1) is 0 Å². The molecule has 2 aromatic rings. The molecule has 1 aromatic carbocycles. The maximum Gasteiger partial charge on any atom is 0.124 e. The van der Waals surface area contributed by atoms with E-state index in [0.29, 0.717) is 6.73 Å². The van der Waals surface area contributed by atoms with Crippen LogP contribution in [0.25, 0.3) is 11.0 Å². The zero-order valence-electron chi connectivity index (χ0n) is 9.02. The number of aromatic nitrogens is 2.